The molecular formula is C39H49NO11S2. The highest BCUT2D eigenvalue weighted by molar-refractivity contribution is 8.24. The van der Waals surface area contributed by atoms with Crippen molar-refractivity contribution in [3.63, 3.8) is 0 Å². The number of nitriles is 1. The Kier molecular flexibility index (Phi) is 17.2. The van der Waals surface area contributed by atoms with Crippen LogP contribution in [0, 0.1) is 23.2 Å². The van der Waals surface area contributed by atoms with E-state index in [1.165, 1.54) is 19.1 Å². The van der Waals surface area contributed by atoms with Crippen LogP contribution >= 0.6 is 23.5 Å². The molecule has 53 heavy (non-hydrogen) atoms. The summed E-state index contributed by atoms with van der Waals surface area (Å²) in [6, 6.07) is 5.00. The molecule has 1 aromatic carbocycles. The van der Waals surface area contributed by atoms with Crippen molar-refractivity contribution in [1.29, 1.82) is 5.26 Å². The third-order valence-electron chi connectivity index (χ3n) is 9.25. The van der Waals surface area contributed by atoms with E-state index in [9.17, 15) is 29.2 Å². The second-order valence-electron chi connectivity index (χ2n) is 13.2. The third kappa shape index (κ3) is 12.9. The summed E-state index contributed by atoms with van der Waals surface area (Å²) in [5, 5.41) is 9.78. The molecule has 2 aliphatic carbocycles. The number of hydrogen-bond acceptors (Lipinski definition) is 14. The van der Waals surface area contributed by atoms with E-state index in [0.717, 1.165) is 81.3 Å². The smallest absolute Gasteiger partial charge is 0.350 e. The maximum absolute atomic E-state index is 13.3. The van der Waals surface area contributed by atoms with Gasteiger partial charge in [0.1, 0.15) is 23.7 Å². The van der Waals surface area contributed by atoms with E-state index >= 15 is 0 Å². The fraction of sp³-hybridized carbons (Fsp3) is 0.590. The van der Waals surface area contributed by atoms with Crippen molar-refractivity contribution in [2.24, 2.45) is 11.8 Å². The van der Waals surface area contributed by atoms with E-state index in [2.05, 4.69) is 6.58 Å². The first kappa shape index (κ1) is 41.9. The zero-order chi connectivity index (χ0) is 38.2. The molecule has 0 atom stereocenters. The van der Waals surface area contributed by atoms with Crippen LogP contribution in [0.5, 0.6) is 11.5 Å². The normalized spacial score (nSPS) is 21.7. The Morgan fingerprint density at radius 3 is 1.92 bits per heavy atom. The van der Waals surface area contributed by atoms with Crippen molar-refractivity contribution in [2.75, 3.05) is 19.8 Å². The molecule has 1 aromatic rings. The first-order chi connectivity index (χ1) is 25.6. The predicted molar refractivity (Wildman–Crippen MR) is 197 cm³/mol. The summed E-state index contributed by atoms with van der Waals surface area (Å²) in [5.41, 5.74) is -0.169. The van der Waals surface area contributed by atoms with Crippen LogP contribution in [0.15, 0.2) is 44.4 Å². The first-order valence-electron chi connectivity index (χ1n) is 18.5. The largest absolute Gasteiger partial charge is 0.463 e. The van der Waals surface area contributed by atoms with E-state index in [-0.39, 0.29) is 47.8 Å². The minimum absolute atomic E-state index is 0.146. The predicted octanol–water partition coefficient (Wildman–Crippen LogP) is 7.76. The Morgan fingerprint density at radius 1 is 0.774 bits per heavy atom. The average molecular weight is 772 g/mol. The summed E-state index contributed by atoms with van der Waals surface area (Å²) in [7, 11) is 0. The van der Waals surface area contributed by atoms with Crippen LogP contribution < -0.4 is 9.47 Å². The lowest BCUT2D eigenvalue weighted by Gasteiger charge is -2.31. The van der Waals surface area contributed by atoms with Crippen LogP contribution in [0.2, 0.25) is 0 Å². The zero-order valence-corrected chi connectivity index (χ0v) is 32.2. The molecule has 3 aliphatic rings. The molecule has 288 valence electrons. The fourth-order valence-electron chi connectivity index (χ4n) is 6.27. The Balaban J connectivity index is 1.21. The minimum Gasteiger partial charge on any atom is -0.463 e. The van der Waals surface area contributed by atoms with Crippen molar-refractivity contribution in [3.05, 3.63) is 34.6 Å². The number of benzene rings is 1. The molecule has 0 unspecified atom stereocenters. The second kappa shape index (κ2) is 21.8. The molecule has 4 rings (SSSR count). The van der Waals surface area contributed by atoms with Gasteiger partial charge in [-0.1, -0.05) is 49.9 Å². The zero-order valence-electron chi connectivity index (χ0n) is 30.5. The SMILES string of the molecule is C=CC(=O)OCCCCCCOC1CCC(C(=O)OC2CCC(C(=O)Oc3ccc(OC(C)=O)c4c3S/C(=C(\C#N)C(=O)OCCCC)S4)CC2)CC1. The van der Waals surface area contributed by atoms with E-state index in [1.807, 2.05) is 13.0 Å². The molecule has 12 nitrogen and oxygen atoms in total. The van der Waals surface area contributed by atoms with Gasteiger partial charge in [-0.15, -0.1) is 0 Å². The number of thioether (sulfide) groups is 2. The molecule has 0 amide bonds. The van der Waals surface area contributed by atoms with E-state index in [1.54, 1.807) is 6.07 Å². The van der Waals surface area contributed by atoms with Gasteiger partial charge in [-0.2, -0.15) is 5.26 Å². The number of carbonyl (C=O) groups excluding carboxylic acids is 5. The summed E-state index contributed by atoms with van der Waals surface area (Å²) in [5.74, 6) is -2.36. The van der Waals surface area contributed by atoms with Crippen molar-refractivity contribution >= 4 is 53.4 Å². The Morgan fingerprint density at radius 2 is 1.34 bits per heavy atom. The molecular weight excluding hydrogens is 723 g/mol. The highest BCUT2D eigenvalue weighted by Crippen LogP contribution is 2.59. The van der Waals surface area contributed by atoms with Gasteiger partial charge in [0, 0.05) is 19.6 Å². The van der Waals surface area contributed by atoms with Crippen molar-refractivity contribution in [1.82, 2.24) is 0 Å². The third-order valence-corrected chi connectivity index (χ3v) is 11.9. The van der Waals surface area contributed by atoms with Crippen LogP contribution in [-0.4, -0.2) is 61.9 Å². The van der Waals surface area contributed by atoms with Crippen molar-refractivity contribution < 1.29 is 52.4 Å². The molecule has 0 N–H and O–H groups in total. The lowest BCUT2D eigenvalue weighted by atomic mass is 9.86. The molecule has 1 heterocycles. The molecule has 0 bridgehead atoms. The summed E-state index contributed by atoms with van der Waals surface area (Å²) in [6.07, 6.45) is 11.5. The van der Waals surface area contributed by atoms with Gasteiger partial charge in [0.05, 0.1) is 45.2 Å². The van der Waals surface area contributed by atoms with Gasteiger partial charge in [0.2, 0.25) is 0 Å². The molecule has 2 saturated carbocycles. The maximum Gasteiger partial charge on any atom is 0.350 e. The van der Waals surface area contributed by atoms with Gasteiger partial charge < -0.3 is 28.4 Å². The molecule has 1 aliphatic heterocycles. The molecule has 0 radical (unpaired) electrons. The standard InChI is InChI=1S/C39H49NO11S2/c1-4-6-21-48-38(45)30(24-40)39-52-34-31(49-25(3)41)19-20-32(35(34)53-39)51-37(44)27-13-17-29(18-14-27)50-36(43)26-11-15-28(16-12-26)46-22-9-7-8-10-23-47-33(42)5-2/h5,19-20,26-29H,2,4,6-18,21-23H2,1,3H3/b39-30+. The van der Waals surface area contributed by atoms with Crippen LogP contribution in [-0.2, 0) is 42.9 Å². The summed E-state index contributed by atoms with van der Waals surface area (Å²) in [6.45, 7) is 7.88. The van der Waals surface area contributed by atoms with Gasteiger partial charge in [0.25, 0.3) is 0 Å². The number of carbonyl (C=O) groups is 5. The minimum atomic E-state index is -0.739. The summed E-state index contributed by atoms with van der Waals surface area (Å²) in [4.78, 5) is 62.8. The number of ether oxygens (including phenoxy) is 6. The number of rotatable bonds is 18. The molecule has 14 heteroatoms. The number of hydrogen-bond donors (Lipinski definition) is 0. The molecule has 0 saturated heterocycles. The summed E-state index contributed by atoms with van der Waals surface area (Å²) >= 11 is 2.18. The number of fused-ring (bicyclic) bond motifs is 1. The highest BCUT2D eigenvalue weighted by Gasteiger charge is 2.35. The molecule has 2 fully saturated rings. The Hall–Kier alpha value is -3.80. The van der Waals surface area contributed by atoms with Gasteiger partial charge in [0.15, 0.2) is 5.57 Å². The van der Waals surface area contributed by atoms with E-state index < -0.39 is 29.8 Å². The van der Waals surface area contributed by atoms with Crippen LogP contribution in [0.25, 0.3) is 0 Å². The Labute approximate surface area is 319 Å². The summed E-state index contributed by atoms with van der Waals surface area (Å²) < 4.78 is 33.8. The topological polar surface area (TPSA) is 165 Å². The van der Waals surface area contributed by atoms with Crippen molar-refractivity contribution in [3.8, 4) is 17.6 Å². The number of unbranched alkanes of at least 4 members (excludes halogenated alkanes) is 4. The maximum atomic E-state index is 13.3. The quantitative estimate of drug-likeness (QED) is 0.0355. The lowest BCUT2D eigenvalue weighted by molar-refractivity contribution is -0.159. The van der Waals surface area contributed by atoms with Crippen molar-refractivity contribution in [2.45, 2.75) is 126 Å². The van der Waals surface area contributed by atoms with Gasteiger partial charge in [-0.25, -0.2) is 9.59 Å². The molecule has 0 spiro atoms. The van der Waals surface area contributed by atoms with Gasteiger partial charge in [-0.05, 0) is 89.2 Å². The Bertz CT molecular complexity index is 1550. The number of esters is 5. The molecule has 0 aromatic heterocycles. The monoisotopic (exact) mass is 771 g/mol. The lowest BCUT2D eigenvalue weighted by Crippen LogP contribution is -2.33. The average Bonchev–Trinajstić information content (AvgIpc) is 3.60. The fourth-order valence-corrected chi connectivity index (χ4v) is 8.83. The first-order valence-corrected chi connectivity index (χ1v) is 20.1. The second-order valence-corrected chi connectivity index (χ2v) is 15.5. The number of nitrogens with zero attached hydrogens (tertiary/aromatic N) is 1. The van der Waals surface area contributed by atoms with Gasteiger partial charge in [-0.3, -0.25) is 14.4 Å². The van der Waals surface area contributed by atoms with Crippen LogP contribution in [0.4, 0.5) is 0 Å². The van der Waals surface area contributed by atoms with Crippen LogP contribution in [0.3, 0.4) is 0 Å². The van der Waals surface area contributed by atoms with E-state index in [0.29, 0.717) is 59.3 Å². The van der Waals surface area contributed by atoms with E-state index in [4.69, 9.17) is 28.4 Å². The highest BCUT2D eigenvalue weighted by atomic mass is 32.2. The van der Waals surface area contributed by atoms with Gasteiger partial charge >= 0.3 is 29.8 Å². The van der Waals surface area contributed by atoms with Crippen LogP contribution in [0.1, 0.15) is 104 Å².